The standard InChI is InChI=1S/C9H7N3O4/c1-4(13)5-2-6(8(15)16)12-3-7(14)11-9(12)10-5/h2-3,14H,1H3,(H,15,16). The average molecular weight is 221 g/mol. The van der Waals surface area contributed by atoms with Crippen LogP contribution in [0.2, 0.25) is 0 Å². The summed E-state index contributed by atoms with van der Waals surface area (Å²) in [5.41, 5.74) is -0.182. The molecule has 2 heterocycles. The molecule has 82 valence electrons. The number of fused-ring (bicyclic) bond motifs is 1. The highest BCUT2D eigenvalue weighted by molar-refractivity contribution is 5.95. The van der Waals surface area contributed by atoms with E-state index in [0.29, 0.717) is 0 Å². The topological polar surface area (TPSA) is 105 Å². The van der Waals surface area contributed by atoms with Gasteiger partial charge in [0.15, 0.2) is 5.78 Å². The fraction of sp³-hybridized carbons (Fsp3) is 0.111. The Morgan fingerprint density at radius 2 is 2.06 bits per heavy atom. The minimum Gasteiger partial charge on any atom is -0.492 e. The van der Waals surface area contributed by atoms with E-state index in [0.717, 1.165) is 16.7 Å². The van der Waals surface area contributed by atoms with E-state index >= 15 is 0 Å². The van der Waals surface area contributed by atoms with Crippen molar-refractivity contribution in [3.63, 3.8) is 0 Å². The van der Waals surface area contributed by atoms with Gasteiger partial charge in [-0.3, -0.25) is 9.20 Å². The van der Waals surface area contributed by atoms with E-state index < -0.39 is 5.97 Å². The molecule has 7 nitrogen and oxygen atoms in total. The van der Waals surface area contributed by atoms with Crippen molar-refractivity contribution in [3.05, 3.63) is 23.7 Å². The lowest BCUT2D eigenvalue weighted by atomic mass is 10.2. The molecule has 2 rings (SSSR count). The first-order valence-corrected chi connectivity index (χ1v) is 4.32. The van der Waals surface area contributed by atoms with Crippen molar-refractivity contribution in [3.8, 4) is 5.88 Å². The monoisotopic (exact) mass is 221 g/mol. The Kier molecular flexibility index (Phi) is 2.08. The summed E-state index contributed by atoms with van der Waals surface area (Å²) in [6, 6.07) is 1.14. The number of imidazole rings is 1. The zero-order valence-corrected chi connectivity index (χ0v) is 8.21. The number of nitrogens with zero attached hydrogens (tertiary/aromatic N) is 3. The molecule has 0 aliphatic rings. The maximum atomic E-state index is 11.1. The van der Waals surface area contributed by atoms with Gasteiger partial charge in [-0.05, 0) is 6.07 Å². The fourth-order valence-electron chi connectivity index (χ4n) is 1.30. The molecule has 16 heavy (non-hydrogen) atoms. The first kappa shape index (κ1) is 10.1. The normalized spacial score (nSPS) is 10.6. The number of carboxylic acids is 1. The molecule has 0 aromatic carbocycles. The quantitative estimate of drug-likeness (QED) is 0.708. The number of carbonyl (C=O) groups excluding carboxylic acids is 1. The van der Waals surface area contributed by atoms with Crippen LogP contribution in [0.15, 0.2) is 12.3 Å². The van der Waals surface area contributed by atoms with Gasteiger partial charge in [-0.15, -0.1) is 0 Å². The van der Waals surface area contributed by atoms with Crippen LogP contribution in [0.25, 0.3) is 5.78 Å². The summed E-state index contributed by atoms with van der Waals surface area (Å²) in [7, 11) is 0. The van der Waals surface area contributed by atoms with Crippen molar-refractivity contribution < 1.29 is 19.8 Å². The number of carbonyl (C=O) groups is 2. The van der Waals surface area contributed by atoms with Gasteiger partial charge in [-0.2, -0.15) is 4.98 Å². The Hall–Kier alpha value is -2.44. The van der Waals surface area contributed by atoms with Crippen LogP contribution in [0.3, 0.4) is 0 Å². The van der Waals surface area contributed by atoms with E-state index in [1.54, 1.807) is 0 Å². The summed E-state index contributed by atoms with van der Waals surface area (Å²) >= 11 is 0. The van der Waals surface area contributed by atoms with Gasteiger partial charge in [0, 0.05) is 6.92 Å². The Bertz CT molecular complexity index is 602. The Labute approximate surface area is 89.0 Å². The molecule has 0 fully saturated rings. The van der Waals surface area contributed by atoms with Crippen LogP contribution in [0, 0.1) is 0 Å². The molecule has 0 radical (unpaired) electrons. The Balaban J connectivity index is 2.83. The van der Waals surface area contributed by atoms with Gasteiger partial charge in [0.25, 0.3) is 0 Å². The lowest BCUT2D eigenvalue weighted by Gasteiger charge is -2.01. The van der Waals surface area contributed by atoms with Gasteiger partial charge in [0.2, 0.25) is 11.7 Å². The van der Waals surface area contributed by atoms with E-state index in [-0.39, 0.29) is 28.8 Å². The minimum atomic E-state index is -1.23. The van der Waals surface area contributed by atoms with Gasteiger partial charge in [-0.1, -0.05) is 0 Å². The van der Waals surface area contributed by atoms with E-state index in [2.05, 4.69) is 9.97 Å². The molecule has 0 atom stereocenters. The number of rotatable bonds is 2. The van der Waals surface area contributed by atoms with Crippen LogP contribution >= 0.6 is 0 Å². The highest BCUT2D eigenvalue weighted by Crippen LogP contribution is 2.13. The Morgan fingerprint density at radius 3 is 2.62 bits per heavy atom. The molecule has 2 aromatic heterocycles. The summed E-state index contributed by atoms with van der Waals surface area (Å²) in [6.07, 6.45) is 1.12. The molecule has 0 aliphatic carbocycles. The molecule has 0 aliphatic heterocycles. The van der Waals surface area contributed by atoms with Crippen molar-refractivity contribution >= 4 is 17.5 Å². The van der Waals surface area contributed by atoms with E-state index in [4.69, 9.17) is 10.2 Å². The summed E-state index contributed by atoms with van der Waals surface area (Å²) in [5, 5.41) is 18.1. The van der Waals surface area contributed by atoms with Crippen molar-refractivity contribution in [1.29, 1.82) is 0 Å². The average Bonchev–Trinajstić information content (AvgIpc) is 2.55. The number of aromatic nitrogens is 3. The maximum Gasteiger partial charge on any atom is 0.353 e. The van der Waals surface area contributed by atoms with Crippen LogP contribution < -0.4 is 0 Å². The molecule has 0 spiro atoms. The van der Waals surface area contributed by atoms with Crippen LogP contribution in [0.5, 0.6) is 5.88 Å². The highest BCUT2D eigenvalue weighted by Gasteiger charge is 2.15. The second-order valence-electron chi connectivity index (χ2n) is 3.16. The summed E-state index contributed by atoms with van der Waals surface area (Å²) in [5.74, 6) is -1.97. The second-order valence-corrected chi connectivity index (χ2v) is 3.16. The third-order valence-electron chi connectivity index (χ3n) is 2.01. The van der Waals surface area contributed by atoms with Gasteiger partial charge in [0.05, 0.1) is 6.20 Å². The molecular weight excluding hydrogens is 214 g/mol. The Morgan fingerprint density at radius 1 is 1.38 bits per heavy atom. The van der Waals surface area contributed by atoms with Crippen molar-refractivity contribution in [2.75, 3.05) is 0 Å². The summed E-state index contributed by atoms with van der Waals surface area (Å²) < 4.78 is 1.10. The first-order chi connectivity index (χ1) is 7.49. The van der Waals surface area contributed by atoms with E-state index in [9.17, 15) is 9.59 Å². The highest BCUT2D eigenvalue weighted by atomic mass is 16.4. The second kappa shape index (κ2) is 3.30. The third-order valence-corrected chi connectivity index (χ3v) is 2.01. The van der Waals surface area contributed by atoms with Gasteiger partial charge >= 0.3 is 5.97 Å². The molecule has 2 aromatic rings. The summed E-state index contributed by atoms with van der Waals surface area (Å²) in [4.78, 5) is 29.5. The van der Waals surface area contributed by atoms with Crippen molar-refractivity contribution in [2.45, 2.75) is 6.92 Å². The van der Waals surface area contributed by atoms with Crippen molar-refractivity contribution in [2.24, 2.45) is 0 Å². The van der Waals surface area contributed by atoms with E-state index in [1.807, 2.05) is 0 Å². The predicted octanol–water partition coefficient (Wildman–Crippen LogP) is 0.336. The molecule has 0 bridgehead atoms. The molecule has 0 saturated carbocycles. The number of carboxylic acid groups (broad SMARTS) is 1. The van der Waals surface area contributed by atoms with Crippen LogP contribution in [0.4, 0.5) is 0 Å². The number of ketones is 1. The number of hydrogen-bond donors (Lipinski definition) is 2. The summed E-state index contributed by atoms with van der Waals surface area (Å²) in [6.45, 7) is 1.27. The molecule has 0 saturated heterocycles. The molecule has 0 amide bonds. The minimum absolute atomic E-state index is 0.00417. The lowest BCUT2D eigenvalue weighted by Crippen LogP contribution is -2.09. The van der Waals surface area contributed by atoms with Crippen LogP contribution in [-0.4, -0.2) is 36.3 Å². The fourth-order valence-corrected chi connectivity index (χ4v) is 1.30. The van der Waals surface area contributed by atoms with Crippen molar-refractivity contribution in [1.82, 2.24) is 14.4 Å². The molecular formula is C9H7N3O4. The lowest BCUT2D eigenvalue weighted by molar-refractivity contribution is 0.0688. The molecule has 0 unspecified atom stereocenters. The number of hydrogen-bond acceptors (Lipinski definition) is 5. The molecule has 7 heteroatoms. The van der Waals surface area contributed by atoms with Gasteiger partial charge < -0.3 is 10.2 Å². The number of aromatic carboxylic acids is 1. The third kappa shape index (κ3) is 1.48. The maximum absolute atomic E-state index is 11.1. The predicted molar refractivity (Wildman–Crippen MR) is 51.6 cm³/mol. The van der Waals surface area contributed by atoms with Gasteiger partial charge in [-0.25, -0.2) is 9.78 Å². The van der Waals surface area contributed by atoms with Gasteiger partial charge in [0.1, 0.15) is 11.4 Å². The largest absolute Gasteiger partial charge is 0.492 e. The zero-order valence-electron chi connectivity index (χ0n) is 8.21. The van der Waals surface area contributed by atoms with E-state index in [1.165, 1.54) is 6.92 Å². The number of Topliss-reactive ketones (excluding diaryl/α,β-unsaturated/α-hetero) is 1. The number of aromatic hydroxyl groups is 1. The smallest absolute Gasteiger partial charge is 0.353 e. The molecule has 2 N–H and O–H groups in total. The first-order valence-electron chi connectivity index (χ1n) is 4.32. The van der Waals surface area contributed by atoms with Crippen LogP contribution in [-0.2, 0) is 0 Å². The zero-order chi connectivity index (χ0) is 11.9. The van der Waals surface area contributed by atoms with Crippen LogP contribution in [0.1, 0.15) is 27.9 Å². The SMILES string of the molecule is CC(=O)c1cc(C(=O)O)n2cc(O)nc2n1.